The number of fused-ring (bicyclic) bond motifs is 1. The lowest BCUT2D eigenvalue weighted by molar-refractivity contribution is 0.415. The van der Waals surface area contributed by atoms with Gasteiger partial charge in [-0.1, -0.05) is 5.92 Å². The predicted octanol–water partition coefficient (Wildman–Crippen LogP) is 3.36. The number of nitrogens with one attached hydrogen (secondary N) is 1. The number of thioether (sulfide) groups is 1. The summed E-state index contributed by atoms with van der Waals surface area (Å²) < 4.78 is 5.48. The highest BCUT2D eigenvalue weighted by molar-refractivity contribution is 7.99. The van der Waals surface area contributed by atoms with Gasteiger partial charge in [0.25, 0.3) is 0 Å². The van der Waals surface area contributed by atoms with Gasteiger partial charge in [0.2, 0.25) is 0 Å². The number of aromatic nitrogens is 3. The zero-order valence-corrected chi connectivity index (χ0v) is 12.3. The molecule has 21 heavy (non-hydrogen) atoms. The standard InChI is InChI=1S/C16H13N3OS/c1-3-8-21-11-4-5-12(15(9-11)20-2)16-18-13-6-7-17-10-14(13)19-16/h1,4-7,9-10H,8H2,2H3,(H,18,19). The minimum atomic E-state index is 0.638. The molecule has 0 saturated heterocycles. The average Bonchev–Trinajstić information content (AvgIpc) is 2.96. The number of rotatable bonds is 4. The van der Waals surface area contributed by atoms with Crippen LogP contribution < -0.4 is 4.74 Å². The molecular weight excluding hydrogens is 282 g/mol. The number of terminal acetylenes is 1. The van der Waals surface area contributed by atoms with Gasteiger partial charge in [-0.05, 0) is 24.3 Å². The summed E-state index contributed by atoms with van der Waals surface area (Å²) in [5, 5.41) is 0. The number of ether oxygens (including phenoxy) is 1. The number of aromatic amines is 1. The summed E-state index contributed by atoms with van der Waals surface area (Å²) in [7, 11) is 1.65. The number of nitrogens with zero attached hydrogens (tertiary/aromatic N) is 2. The van der Waals surface area contributed by atoms with Crippen molar-refractivity contribution < 1.29 is 4.74 Å². The number of H-pyrrole nitrogens is 1. The molecule has 0 radical (unpaired) electrons. The van der Waals surface area contributed by atoms with Gasteiger partial charge in [0.15, 0.2) is 0 Å². The maximum absolute atomic E-state index is 5.48. The van der Waals surface area contributed by atoms with Crippen molar-refractivity contribution in [3.8, 4) is 29.5 Å². The second kappa shape index (κ2) is 5.90. The van der Waals surface area contributed by atoms with Crippen LogP contribution in [0.2, 0.25) is 0 Å². The van der Waals surface area contributed by atoms with Crippen LogP contribution in [-0.4, -0.2) is 27.8 Å². The van der Waals surface area contributed by atoms with E-state index < -0.39 is 0 Å². The van der Waals surface area contributed by atoms with Crippen molar-refractivity contribution in [2.75, 3.05) is 12.9 Å². The van der Waals surface area contributed by atoms with Gasteiger partial charge in [0, 0.05) is 11.1 Å². The lowest BCUT2D eigenvalue weighted by atomic mass is 10.2. The third kappa shape index (κ3) is 2.71. The summed E-state index contributed by atoms with van der Waals surface area (Å²) in [4.78, 5) is 13.0. The molecular formula is C16H13N3OS. The molecule has 0 aliphatic rings. The minimum absolute atomic E-state index is 0.638. The summed E-state index contributed by atoms with van der Waals surface area (Å²) in [6.45, 7) is 0. The first kappa shape index (κ1) is 13.5. The molecule has 0 aliphatic carbocycles. The minimum Gasteiger partial charge on any atom is -0.496 e. The number of benzene rings is 1. The number of hydrogen-bond acceptors (Lipinski definition) is 4. The number of imidazole rings is 1. The third-order valence-electron chi connectivity index (χ3n) is 3.03. The molecule has 2 heterocycles. The molecule has 0 amide bonds. The van der Waals surface area contributed by atoms with Crippen LogP contribution >= 0.6 is 11.8 Å². The Kier molecular flexibility index (Phi) is 3.80. The molecule has 1 N–H and O–H groups in total. The third-order valence-corrected chi connectivity index (χ3v) is 3.93. The van der Waals surface area contributed by atoms with Gasteiger partial charge >= 0.3 is 0 Å². The van der Waals surface area contributed by atoms with Gasteiger partial charge in [-0.3, -0.25) is 4.98 Å². The van der Waals surface area contributed by atoms with Crippen LogP contribution in [0.5, 0.6) is 5.75 Å². The Morgan fingerprint density at radius 2 is 2.29 bits per heavy atom. The molecule has 0 spiro atoms. The van der Waals surface area contributed by atoms with Gasteiger partial charge in [-0.25, -0.2) is 4.98 Å². The first-order valence-corrected chi connectivity index (χ1v) is 7.35. The summed E-state index contributed by atoms with van der Waals surface area (Å²) in [5.41, 5.74) is 2.70. The van der Waals surface area contributed by atoms with E-state index in [9.17, 15) is 0 Å². The van der Waals surface area contributed by atoms with Crippen LogP contribution in [0.4, 0.5) is 0 Å². The van der Waals surface area contributed by atoms with Gasteiger partial charge < -0.3 is 9.72 Å². The van der Waals surface area contributed by atoms with E-state index in [1.165, 1.54) is 0 Å². The van der Waals surface area contributed by atoms with Gasteiger partial charge in [-0.2, -0.15) is 0 Å². The number of hydrogen-bond donors (Lipinski definition) is 1. The Morgan fingerprint density at radius 3 is 3.05 bits per heavy atom. The van der Waals surface area contributed by atoms with Gasteiger partial charge in [0.05, 0.1) is 35.7 Å². The zero-order chi connectivity index (χ0) is 14.7. The van der Waals surface area contributed by atoms with E-state index >= 15 is 0 Å². The van der Waals surface area contributed by atoms with Gasteiger partial charge in [0.1, 0.15) is 11.6 Å². The first-order valence-electron chi connectivity index (χ1n) is 6.36. The smallest absolute Gasteiger partial charge is 0.142 e. The molecule has 0 atom stereocenters. The lowest BCUT2D eigenvalue weighted by Crippen LogP contribution is -1.90. The fourth-order valence-electron chi connectivity index (χ4n) is 2.07. The number of methoxy groups -OCH3 is 1. The molecule has 4 nitrogen and oxygen atoms in total. The van der Waals surface area contributed by atoms with E-state index in [1.807, 2.05) is 24.3 Å². The number of pyridine rings is 1. The van der Waals surface area contributed by atoms with Crippen molar-refractivity contribution in [1.82, 2.24) is 15.0 Å². The van der Waals surface area contributed by atoms with E-state index in [0.29, 0.717) is 5.75 Å². The molecule has 104 valence electrons. The maximum atomic E-state index is 5.48. The van der Waals surface area contributed by atoms with Crippen molar-refractivity contribution in [2.24, 2.45) is 0 Å². The summed E-state index contributed by atoms with van der Waals surface area (Å²) in [6, 6.07) is 7.86. The van der Waals surface area contributed by atoms with E-state index in [0.717, 1.165) is 33.1 Å². The summed E-state index contributed by atoms with van der Waals surface area (Å²) in [6.07, 6.45) is 8.77. The Hall–Kier alpha value is -2.45. The van der Waals surface area contributed by atoms with Crippen molar-refractivity contribution in [3.05, 3.63) is 36.7 Å². The van der Waals surface area contributed by atoms with Crippen molar-refractivity contribution in [2.45, 2.75) is 4.90 Å². The van der Waals surface area contributed by atoms with Crippen LogP contribution in [0.1, 0.15) is 0 Å². The Labute approximate surface area is 127 Å². The van der Waals surface area contributed by atoms with Crippen LogP contribution in [0, 0.1) is 12.3 Å². The fraction of sp³-hybridized carbons (Fsp3) is 0.125. The van der Waals surface area contributed by atoms with E-state index in [-0.39, 0.29) is 0 Å². The van der Waals surface area contributed by atoms with Gasteiger partial charge in [-0.15, -0.1) is 18.2 Å². The first-order chi connectivity index (χ1) is 10.3. The molecule has 3 aromatic rings. The molecule has 1 aromatic carbocycles. The van der Waals surface area contributed by atoms with E-state index in [2.05, 4.69) is 20.9 Å². The molecule has 0 saturated carbocycles. The highest BCUT2D eigenvalue weighted by atomic mass is 32.2. The molecule has 0 aliphatic heterocycles. The molecule has 0 fully saturated rings. The Bertz CT molecular complexity index is 787. The molecule has 2 aromatic heterocycles. The normalized spacial score (nSPS) is 10.5. The topological polar surface area (TPSA) is 50.8 Å². The largest absolute Gasteiger partial charge is 0.496 e. The second-order valence-corrected chi connectivity index (χ2v) is 5.38. The molecule has 0 unspecified atom stereocenters. The highest BCUT2D eigenvalue weighted by Crippen LogP contribution is 2.33. The summed E-state index contributed by atoms with van der Waals surface area (Å²) in [5.74, 6) is 4.79. The molecule has 5 heteroatoms. The van der Waals surface area contributed by atoms with Crippen molar-refractivity contribution in [1.29, 1.82) is 0 Å². The lowest BCUT2D eigenvalue weighted by Gasteiger charge is -2.08. The maximum Gasteiger partial charge on any atom is 0.142 e. The molecule has 3 rings (SSSR count). The Morgan fingerprint density at radius 1 is 1.38 bits per heavy atom. The van der Waals surface area contributed by atoms with E-state index in [4.69, 9.17) is 11.2 Å². The van der Waals surface area contributed by atoms with Crippen LogP contribution in [0.25, 0.3) is 22.4 Å². The van der Waals surface area contributed by atoms with Crippen molar-refractivity contribution in [3.63, 3.8) is 0 Å². The van der Waals surface area contributed by atoms with Crippen molar-refractivity contribution >= 4 is 22.8 Å². The quantitative estimate of drug-likeness (QED) is 0.592. The van der Waals surface area contributed by atoms with Crippen LogP contribution in [0.15, 0.2) is 41.6 Å². The van der Waals surface area contributed by atoms with Crippen LogP contribution in [0.3, 0.4) is 0 Å². The average molecular weight is 295 g/mol. The molecule has 0 bridgehead atoms. The van der Waals surface area contributed by atoms with E-state index in [1.54, 1.807) is 31.3 Å². The van der Waals surface area contributed by atoms with Crippen LogP contribution in [-0.2, 0) is 0 Å². The summed E-state index contributed by atoms with van der Waals surface area (Å²) >= 11 is 1.60. The second-order valence-electron chi connectivity index (χ2n) is 4.33. The SMILES string of the molecule is C#CCSc1ccc(-c2nc3ccncc3[nH]2)c(OC)c1. The Balaban J connectivity index is 2.03. The monoisotopic (exact) mass is 295 g/mol. The highest BCUT2D eigenvalue weighted by Gasteiger charge is 2.11. The fourth-order valence-corrected chi connectivity index (χ4v) is 2.67. The zero-order valence-electron chi connectivity index (χ0n) is 11.5. The predicted molar refractivity (Wildman–Crippen MR) is 85.4 cm³/mol.